The summed E-state index contributed by atoms with van der Waals surface area (Å²) in [5.41, 5.74) is 2.11. The van der Waals surface area contributed by atoms with Gasteiger partial charge in [0.2, 0.25) is 5.78 Å². The molecule has 0 saturated heterocycles. The van der Waals surface area contributed by atoms with Gasteiger partial charge in [0.25, 0.3) is 0 Å². The molecular formula is C15H15FO2. The summed E-state index contributed by atoms with van der Waals surface area (Å²) in [5.74, 6) is 0.388. The van der Waals surface area contributed by atoms with E-state index in [2.05, 4.69) is 0 Å². The van der Waals surface area contributed by atoms with Crippen molar-refractivity contribution in [2.24, 2.45) is 5.92 Å². The number of carbonyl (C=O) groups excluding carboxylic acids is 1. The highest BCUT2D eigenvalue weighted by Crippen LogP contribution is 2.45. The highest BCUT2D eigenvalue weighted by molar-refractivity contribution is 6.00. The highest BCUT2D eigenvalue weighted by Gasteiger charge is 2.42. The predicted octanol–water partition coefficient (Wildman–Crippen LogP) is 3.19. The summed E-state index contributed by atoms with van der Waals surface area (Å²) in [7, 11) is 0. The first-order chi connectivity index (χ1) is 8.68. The smallest absolute Gasteiger partial charge is 0.201 e. The van der Waals surface area contributed by atoms with Gasteiger partial charge in [-0.05, 0) is 36.1 Å². The number of ketones is 1. The van der Waals surface area contributed by atoms with Gasteiger partial charge in [-0.1, -0.05) is 19.1 Å². The minimum Gasteiger partial charge on any atom is -0.490 e. The standard InChI is InChI=1S/C15H15FO2/c1-9-13(10-4-6-11(16)7-5-10)12-3-2-8-18-15(12)14(9)17/h4-7,9,13H,2-3,8H2,1H3/t9-,13-/m0/s1. The van der Waals surface area contributed by atoms with Crippen molar-refractivity contribution in [1.82, 2.24) is 0 Å². The first-order valence-electron chi connectivity index (χ1n) is 6.34. The summed E-state index contributed by atoms with van der Waals surface area (Å²) in [6.07, 6.45) is 1.87. The normalized spacial score (nSPS) is 27.1. The molecule has 0 radical (unpaired) electrons. The topological polar surface area (TPSA) is 26.3 Å². The van der Waals surface area contributed by atoms with Crippen molar-refractivity contribution < 1.29 is 13.9 Å². The van der Waals surface area contributed by atoms with Gasteiger partial charge in [-0.3, -0.25) is 4.79 Å². The van der Waals surface area contributed by atoms with Crippen LogP contribution in [0.1, 0.15) is 31.2 Å². The van der Waals surface area contributed by atoms with Crippen molar-refractivity contribution in [2.45, 2.75) is 25.7 Å². The monoisotopic (exact) mass is 246 g/mol. The van der Waals surface area contributed by atoms with Crippen LogP contribution in [0.15, 0.2) is 35.6 Å². The van der Waals surface area contributed by atoms with E-state index in [1.807, 2.05) is 6.92 Å². The number of halogens is 1. The molecule has 94 valence electrons. The van der Waals surface area contributed by atoms with Crippen molar-refractivity contribution in [1.29, 1.82) is 0 Å². The SMILES string of the molecule is C[C@@H]1C(=O)C2=C(CCCO2)[C@@H]1c1ccc(F)cc1. The van der Waals surface area contributed by atoms with E-state index in [-0.39, 0.29) is 23.4 Å². The first-order valence-corrected chi connectivity index (χ1v) is 6.34. The van der Waals surface area contributed by atoms with Crippen LogP contribution in [0.5, 0.6) is 0 Å². The van der Waals surface area contributed by atoms with E-state index >= 15 is 0 Å². The molecule has 18 heavy (non-hydrogen) atoms. The van der Waals surface area contributed by atoms with Crippen molar-refractivity contribution in [3.63, 3.8) is 0 Å². The average molecular weight is 246 g/mol. The van der Waals surface area contributed by atoms with Gasteiger partial charge in [-0.25, -0.2) is 4.39 Å². The van der Waals surface area contributed by atoms with Crippen molar-refractivity contribution in [3.05, 3.63) is 47.0 Å². The fourth-order valence-electron chi connectivity index (χ4n) is 2.99. The molecule has 0 N–H and O–H groups in total. The number of Topliss-reactive ketones (excluding diaryl/α,β-unsaturated/α-hetero) is 1. The molecule has 0 spiro atoms. The molecular weight excluding hydrogens is 231 g/mol. The number of allylic oxidation sites excluding steroid dienone is 2. The fourth-order valence-corrected chi connectivity index (χ4v) is 2.99. The van der Waals surface area contributed by atoms with Gasteiger partial charge in [-0.15, -0.1) is 0 Å². The van der Waals surface area contributed by atoms with Crippen LogP contribution < -0.4 is 0 Å². The molecule has 0 fully saturated rings. The summed E-state index contributed by atoms with van der Waals surface area (Å²) < 4.78 is 18.5. The fraction of sp³-hybridized carbons (Fsp3) is 0.400. The third-order valence-corrected chi connectivity index (χ3v) is 3.87. The second kappa shape index (κ2) is 4.23. The van der Waals surface area contributed by atoms with Crippen LogP contribution in [0.3, 0.4) is 0 Å². The van der Waals surface area contributed by atoms with Gasteiger partial charge in [0, 0.05) is 11.8 Å². The minimum atomic E-state index is -0.246. The summed E-state index contributed by atoms with van der Waals surface area (Å²) >= 11 is 0. The van der Waals surface area contributed by atoms with Gasteiger partial charge >= 0.3 is 0 Å². The van der Waals surface area contributed by atoms with E-state index in [0.29, 0.717) is 12.4 Å². The summed E-state index contributed by atoms with van der Waals surface area (Å²) in [6, 6.07) is 6.45. The molecule has 3 rings (SSSR count). The van der Waals surface area contributed by atoms with Crippen molar-refractivity contribution >= 4 is 5.78 Å². The molecule has 0 bridgehead atoms. The number of hydrogen-bond donors (Lipinski definition) is 0. The Morgan fingerprint density at radius 2 is 2.00 bits per heavy atom. The van der Waals surface area contributed by atoms with Crippen LogP contribution in [0.4, 0.5) is 4.39 Å². The van der Waals surface area contributed by atoms with Gasteiger partial charge in [0.1, 0.15) is 5.82 Å². The van der Waals surface area contributed by atoms with Gasteiger partial charge in [-0.2, -0.15) is 0 Å². The first kappa shape index (κ1) is 11.5. The summed E-state index contributed by atoms with van der Waals surface area (Å²) in [6.45, 7) is 2.56. The lowest BCUT2D eigenvalue weighted by atomic mass is 9.84. The highest BCUT2D eigenvalue weighted by atomic mass is 19.1. The third kappa shape index (κ3) is 1.65. The number of rotatable bonds is 1. The van der Waals surface area contributed by atoms with E-state index in [1.54, 1.807) is 12.1 Å². The maximum Gasteiger partial charge on any atom is 0.201 e. The lowest BCUT2D eigenvalue weighted by Crippen LogP contribution is -2.13. The van der Waals surface area contributed by atoms with E-state index < -0.39 is 0 Å². The van der Waals surface area contributed by atoms with Gasteiger partial charge in [0.05, 0.1) is 6.61 Å². The lowest BCUT2D eigenvalue weighted by Gasteiger charge is -2.20. The number of benzene rings is 1. The Balaban J connectivity index is 2.03. The Kier molecular flexibility index (Phi) is 2.69. The molecule has 0 saturated carbocycles. The molecule has 1 aromatic carbocycles. The number of ether oxygens (including phenoxy) is 1. The van der Waals surface area contributed by atoms with Crippen LogP contribution in [-0.2, 0) is 9.53 Å². The second-order valence-electron chi connectivity index (χ2n) is 4.99. The van der Waals surface area contributed by atoms with Crippen LogP contribution in [0, 0.1) is 11.7 Å². The van der Waals surface area contributed by atoms with Gasteiger partial charge in [0.15, 0.2) is 5.76 Å². The average Bonchev–Trinajstić information content (AvgIpc) is 2.64. The molecule has 2 nitrogen and oxygen atoms in total. The zero-order valence-corrected chi connectivity index (χ0v) is 10.3. The molecule has 0 unspecified atom stereocenters. The zero-order valence-electron chi connectivity index (χ0n) is 10.3. The molecule has 1 heterocycles. The van der Waals surface area contributed by atoms with Gasteiger partial charge < -0.3 is 4.74 Å². The quantitative estimate of drug-likeness (QED) is 0.760. The van der Waals surface area contributed by atoms with Crippen LogP contribution in [0.25, 0.3) is 0 Å². The molecule has 2 aliphatic rings. The largest absolute Gasteiger partial charge is 0.490 e. The Morgan fingerprint density at radius 1 is 1.28 bits per heavy atom. The van der Waals surface area contributed by atoms with Crippen LogP contribution in [0.2, 0.25) is 0 Å². The zero-order chi connectivity index (χ0) is 12.7. The molecule has 0 aromatic heterocycles. The van der Waals surface area contributed by atoms with Crippen LogP contribution in [-0.4, -0.2) is 12.4 Å². The maximum absolute atomic E-state index is 13.0. The Labute approximate surface area is 105 Å². The van der Waals surface area contributed by atoms with E-state index in [4.69, 9.17) is 4.74 Å². The molecule has 1 aliphatic carbocycles. The van der Waals surface area contributed by atoms with E-state index in [1.165, 1.54) is 12.1 Å². The molecule has 2 atom stereocenters. The molecule has 1 aliphatic heterocycles. The summed E-state index contributed by atoms with van der Waals surface area (Å²) in [4.78, 5) is 12.1. The number of hydrogen-bond acceptors (Lipinski definition) is 2. The lowest BCUT2D eigenvalue weighted by molar-refractivity contribution is -0.121. The molecule has 0 amide bonds. The van der Waals surface area contributed by atoms with Crippen molar-refractivity contribution in [3.8, 4) is 0 Å². The third-order valence-electron chi connectivity index (χ3n) is 3.87. The Hall–Kier alpha value is -1.64. The van der Waals surface area contributed by atoms with Crippen molar-refractivity contribution in [2.75, 3.05) is 6.61 Å². The predicted molar refractivity (Wildman–Crippen MR) is 65.5 cm³/mol. The van der Waals surface area contributed by atoms with E-state index in [0.717, 1.165) is 24.0 Å². The number of carbonyl (C=O) groups is 1. The minimum absolute atomic E-state index is 0.0633. The second-order valence-corrected chi connectivity index (χ2v) is 4.99. The summed E-state index contributed by atoms with van der Waals surface area (Å²) in [5, 5.41) is 0. The van der Waals surface area contributed by atoms with Crippen LogP contribution >= 0.6 is 0 Å². The Bertz CT molecular complexity index is 516. The Morgan fingerprint density at radius 3 is 2.72 bits per heavy atom. The maximum atomic E-state index is 13.0. The molecule has 1 aromatic rings. The van der Waals surface area contributed by atoms with E-state index in [9.17, 15) is 9.18 Å². The molecule has 3 heteroatoms.